The lowest BCUT2D eigenvalue weighted by Crippen LogP contribution is -2.56. The molecule has 2 rings (SSSR count). The van der Waals surface area contributed by atoms with Crippen molar-refractivity contribution >= 4 is 38.6 Å². The molecule has 1 fully saturated rings. The minimum absolute atomic E-state index is 0.124. The zero-order valence-corrected chi connectivity index (χ0v) is 12.9. The van der Waals surface area contributed by atoms with E-state index in [0.29, 0.717) is 6.54 Å². The Kier molecular flexibility index (Phi) is 4.43. The number of nitrogens with one attached hydrogen (secondary N) is 1. The average Bonchev–Trinajstić information content (AvgIpc) is 2.39. The molecule has 1 aromatic carbocycles. The number of carbonyl (C=O) groups is 1. The lowest BCUT2D eigenvalue weighted by Gasteiger charge is -2.32. The Hall–Kier alpha value is -0.710. The van der Waals surface area contributed by atoms with Gasteiger partial charge in [-0.2, -0.15) is 4.31 Å². The first kappa shape index (κ1) is 14.7. The summed E-state index contributed by atoms with van der Waals surface area (Å²) in [5.74, 6) is -1.14. The third kappa shape index (κ3) is 3.07. The summed E-state index contributed by atoms with van der Waals surface area (Å²) in [6.07, 6.45) is 0. The number of nitrogens with zero attached hydrogens (tertiary/aromatic N) is 1. The third-order valence-corrected chi connectivity index (χ3v) is 5.54. The molecule has 104 valence electrons. The van der Waals surface area contributed by atoms with Gasteiger partial charge in [-0.1, -0.05) is 0 Å². The van der Waals surface area contributed by atoms with Gasteiger partial charge in [-0.25, -0.2) is 8.42 Å². The number of hydrogen-bond donors (Lipinski definition) is 2. The molecular weight excluding hydrogens is 383 g/mol. The van der Waals surface area contributed by atoms with Crippen molar-refractivity contribution in [3.63, 3.8) is 0 Å². The van der Waals surface area contributed by atoms with Crippen LogP contribution < -0.4 is 5.32 Å². The molecule has 19 heavy (non-hydrogen) atoms. The van der Waals surface area contributed by atoms with Crippen molar-refractivity contribution in [2.45, 2.75) is 10.9 Å². The first-order valence-electron chi connectivity index (χ1n) is 5.64. The number of carboxylic acid groups (broad SMARTS) is 1. The van der Waals surface area contributed by atoms with Gasteiger partial charge >= 0.3 is 5.97 Å². The van der Waals surface area contributed by atoms with E-state index in [1.165, 1.54) is 12.1 Å². The second-order valence-electron chi connectivity index (χ2n) is 4.13. The van der Waals surface area contributed by atoms with E-state index in [2.05, 4.69) is 27.9 Å². The molecule has 0 bridgehead atoms. The molecule has 8 heteroatoms. The van der Waals surface area contributed by atoms with Crippen LogP contribution in [0.15, 0.2) is 29.2 Å². The lowest BCUT2D eigenvalue weighted by atomic mass is 10.2. The normalized spacial score (nSPS) is 21.2. The van der Waals surface area contributed by atoms with Crippen LogP contribution in [0.1, 0.15) is 0 Å². The number of aliphatic carboxylic acids is 1. The van der Waals surface area contributed by atoms with Crippen LogP contribution in [-0.4, -0.2) is 49.5 Å². The van der Waals surface area contributed by atoms with Gasteiger partial charge in [0.2, 0.25) is 10.0 Å². The van der Waals surface area contributed by atoms with Crippen molar-refractivity contribution in [1.82, 2.24) is 9.62 Å². The van der Waals surface area contributed by atoms with E-state index < -0.39 is 22.0 Å². The van der Waals surface area contributed by atoms with Crippen molar-refractivity contribution in [2.75, 3.05) is 19.6 Å². The van der Waals surface area contributed by atoms with Crippen LogP contribution in [0.25, 0.3) is 0 Å². The first-order valence-corrected chi connectivity index (χ1v) is 8.16. The quantitative estimate of drug-likeness (QED) is 0.720. The second-order valence-corrected chi connectivity index (χ2v) is 7.26. The molecule has 1 heterocycles. The van der Waals surface area contributed by atoms with Crippen molar-refractivity contribution in [2.24, 2.45) is 0 Å². The van der Waals surface area contributed by atoms with E-state index in [9.17, 15) is 13.2 Å². The molecular formula is C11H13IN2O4S. The van der Waals surface area contributed by atoms with Gasteiger partial charge in [-0.05, 0) is 46.9 Å². The lowest BCUT2D eigenvalue weighted by molar-refractivity contribution is -0.141. The second kappa shape index (κ2) is 5.73. The molecule has 1 saturated heterocycles. The van der Waals surface area contributed by atoms with Crippen molar-refractivity contribution in [1.29, 1.82) is 0 Å². The smallest absolute Gasteiger partial charge is 0.323 e. The van der Waals surface area contributed by atoms with Crippen LogP contribution in [0.3, 0.4) is 0 Å². The van der Waals surface area contributed by atoms with Crippen LogP contribution >= 0.6 is 22.6 Å². The fourth-order valence-electron chi connectivity index (χ4n) is 1.93. The molecule has 1 unspecified atom stereocenters. The summed E-state index contributed by atoms with van der Waals surface area (Å²) in [6, 6.07) is 5.31. The zero-order valence-electron chi connectivity index (χ0n) is 9.91. The van der Waals surface area contributed by atoms with Crippen molar-refractivity contribution < 1.29 is 18.3 Å². The highest BCUT2D eigenvalue weighted by atomic mass is 127. The maximum absolute atomic E-state index is 12.4. The number of benzene rings is 1. The molecule has 6 nitrogen and oxygen atoms in total. The molecule has 0 aromatic heterocycles. The molecule has 1 aliphatic heterocycles. The molecule has 1 aromatic rings. The summed E-state index contributed by atoms with van der Waals surface area (Å²) in [6.45, 7) is 0.734. The van der Waals surface area contributed by atoms with Crippen molar-refractivity contribution in [3.8, 4) is 0 Å². The Bertz CT molecular complexity index is 573. The van der Waals surface area contributed by atoms with Crippen LogP contribution in [0.5, 0.6) is 0 Å². The van der Waals surface area contributed by atoms with Crippen molar-refractivity contribution in [3.05, 3.63) is 27.8 Å². The highest BCUT2D eigenvalue weighted by molar-refractivity contribution is 14.1. The number of sulfonamides is 1. The van der Waals surface area contributed by atoms with Crippen LogP contribution in [0.2, 0.25) is 0 Å². The molecule has 1 atom stereocenters. The van der Waals surface area contributed by atoms with E-state index in [-0.39, 0.29) is 18.0 Å². The van der Waals surface area contributed by atoms with Gasteiger partial charge in [0, 0.05) is 23.2 Å². The number of hydrogen-bond acceptors (Lipinski definition) is 4. The standard InChI is InChI=1S/C11H13IN2O4S/c12-8-1-3-9(4-2-8)19(17,18)14-6-5-13-7-10(14)11(15)16/h1-4,10,13H,5-7H2,(H,15,16). The fraction of sp³-hybridized carbons (Fsp3) is 0.364. The monoisotopic (exact) mass is 396 g/mol. The molecule has 0 saturated carbocycles. The molecule has 0 spiro atoms. The van der Waals surface area contributed by atoms with Crippen LogP contribution in [-0.2, 0) is 14.8 Å². The van der Waals surface area contributed by atoms with Gasteiger partial charge in [-0.3, -0.25) is 4.79 Å². The summed E-state index contributed by atoms with van der Waals surface area (Å²) in [5, 5.41) is 12.0. The maximum atomic E-state index is 12.4. The van der Waals surface area contributed by atoms with E-state index in [1.54, 1.807) is 12.1 Å². The predicted molar refractivity (Wildman–Crippen MR) is 77.3 cm³/mol. The van der Waals surface area contributed by atoms with E-state index in [1.807, 2.05) is 0 Å². The van der Waals surface area contributed by atoms with Crippen LogP contribution in [0, 0.1) is 3.57 Å². The molecule has 0 aliphatic carbocycles. The summed E-state index contributed by atoms with van der Waals surface area (Å²) in [4.78, 5) is 11.3. The van der Waals surface area contributed by atoms with Crippen LogP contribution in [0.4, 0.5) is 0 Å². The highest BCUT2D eigenvalue weighted by Gasteiger charge is 2.37. The Labute approximate surface area is 125 Å². The minimum atomic E-state index is -3.76. The van der Waals surface area contributed by atoms with Gasteiger partial charge < -0.3 is 10.4 Å². The van der Waals surface area contributed by atoms with E-state index >= 15 is 0 Å². The Morgan fingerprint density at radius 1 is 1.37 bits per heavy atom. The Morgan fingerprint density at radius 3 is 2.58 bits per heavy atom. The number of halogens is 1. The predicted octanol–water partition coefficient (Wildman–Crippen LogP) is 0.338. The number of piperazine rings is 1. The Morgan fingerprint density at radius 2 is 2.00 bits per heavy atom. The van der Waals surface area contributed by atoms with Gasteiger partial charge in [0.1, 0.15) is 6.04 Å². The number of carboxylic acids is 1. The summed E-state index contributed by atoms with van der Waals surface area (Å²) >= 11 is 2.08. The topological polar surface area (TPSA) is 86.7 Å². The maximum Gasteiger partial charge on any atom is 0.323 e. The van der Waals surface area contributed by atoms with Gasteiger partial charge in [0.25, 0.3) is 0 Å². The highest BCUT2D eigenvalue weighted by Crippen LogP contribution is 2.20. The average molecular weight is 396 g/mol. The summed E-state index contributed by atoms with van der Waals surface area (Å²) in [5.41, 5.74) is 0. The third-order valence-electron chi connectivity index (χ3n) is 2.90. The largest absolute Gasteiger partial charge is 0.480 e. The minimum Gasteiger partial charge on any atom is -0.480 e. The molecule has 0 radical (unpaired) electrons. The van der Waals surface area contributed by atoms with Gasteiger partial charge in [0.15, 0.2) is 0 Å². The fourth-order valence-corrected chi connectivity index (χ4v) is 3.87. The zero-order chi connectivity index (χ0) is 14.0. The molecule has 1 aliphatic rings. The Balaban J connectivity index is 2.37. The van der Waals surface area contributed by atoms with Gasteiger partial charge in [0.05, 0.1) is 4.90 Å². The summed E-state index contributed by atoms with van der Waals surface area (Å²) < 4.78 is 26.9. The molecule has 0 amide bonds. The first-order chi connectivity index (χ1) is 8.93. The molecule has 2 N–H and O–H groups in total. The number of rotatable bonds is 3. The van der Waals surface area contributed by atoms with Gasteiger partial charge in [-0.15, -0.1) is 0 Å². The van der Waals surface area contributed by atoms with E-state index in [4.69, 9.17) is 5.11 Å². The van der Waals surface area contributed by atoms with E-state index in [0.717, 1.165) is 7.88 Å². The SMILES string of the molecule is O=C(O)C1CNCCN1S(=O)(=O)c1ccc(I)cc1. The summed E-state index contributed by atoms with van der Waals surface area (Å²) in [7, 11) is -3.76.